The number of amides is 1. The van der Waals surface area contributed by atoms with Gasteiger partial charge in [0.15, 0.2) is 0 Å². The Labute approximate surface area is 177 Å². The number of ether oxygens (including phenoxy) is 1. The number of nitrogens with one attached hydrogen (secondary N) is 1. The van der Waals surface area contributed by atoms with E-state index in [4.69, 9.17) is 4.74 Å². The monoisotopic (exact) mass is 436 g/mol. The second kappa shape index (κ2) is 10.1. The van der Waals surface area contributed by atoms with Gasteiger partial charge in [-0.05, 0) is 49.1 Å². The van der Waals surface area contributed by atoms with Crippen molar-refractivity contribution in [2.24, 2.45) is 0 Å². The van der Waals surface area contributed by atoms with Gasteiger partial charge in [-0.2, -0.15) is 4.31 Å². The van der Waals surface area contributed by atoms with Crippen molar-refractivity contribution < 1.29 is 17.9 Å². The molecule has 2 rings (SSSR count). The summed E-state index contributed by atoms with van der Waals surface area (Å²) in [7, 11) is -2.35. The molecule has 8 heteroatoms. The maximum absolute atomic E-state index is 13.0. The van der Waals surface area contributed by atoms with Crippen LogP contribution in [0.3, 0.4) is 0 Å². The molecule has 1 atom stereocenters. The first-order valence-electron chi connectivity index (χ1n) is 9.41. The van der Waals surface area contributed by atoms with Crippen molar-refractivity contribution in [3.05, 3.63) is 53.6 Å². The van der Waals surface area contributed by atoms with Crippen LogP contribution in [0, 0.1) is 0 Å². The molecule has 0 fully saturated rings. The molecule has 0 aliphatic heterocycles. The van der Waals surface area contributed by atoms with Crippen LogP contribution in [0.5, 0.6) is 5.75 Å². The van der Waals surface area contributed by atoms with E-state index in [2.05, 4.69) is 5.32 Å². The molecule has 2 aromatic carbocycles. The minimum Gasteiger partial charge on any atom is -0.495 e. The Hall–Kier alpha value is -2.03. The number of thioether (sulfide) groups is 1. The molecule has 0 aliphatic rings. The molecule has 0 aromatic heterocycles. The first-order valence-corrected chi connectivity index (χ1v) is 12.1. The van der Waals surface area contributed by atoms with Crippen molar-refractivity contribution in [1.82, 2.24) is 9.62 Å². The molecule has 0 aliphatic carbocycles. The quantitative estimate of drug-likeness (QED) is 0.603. The smallest absolute Gasteiger partial charge is 0.251 e. The van der Waals surface area contributed by atoms with Crippen LogP contribution in [0.15, 0.2) is 52.3 Å². The summed E-state index contributed by atoms with van der Waals surface area (Å²) in [5.74, 6) is -0.126. The van der Waals surface area contributed by atoms with Crippen molar-refractivity contribution in [3.63, 3.8) is 0 Å². The Morgan fingerprint density at radius 3 is 2.28 bits per heavy atom. The number of methoxy groups -OCH3 is 1. The molecule has 0 saturated heterocycles. The Bertz CT molecular complexity index is 940. The molecule has 2 aromatic rings. The molecule has 6 nitrogen and oxygen atoms in total. The Balaban J connectivity index is 2.31. The van der Waals surface area contributed by atoms with Crippen molar-refractivity contribution in [3.8, 4) is 5.75 Å². The molecule has 29 heavy (non-hydrogen) atoms. The first kappa shape index (κ1) is 23.3. The number of carbonyl (C=O) groups excluding carboxylic acids is 1. The topological polar surface area (TPSA) is 75.7 Å². The largest absolute Gasteiger partial charge is 0.495 e. The number of benzene rings is 2. The summed E-state index contributed by atoms with van der Waals surface area (Å²) in [6.45, 7) is 6.11. The zero-order valence-corrected chi connectivity index (χ0v) is 19.1. The fourth-order valence-electron chi connectivity index (χ4n) is 2.98. The fraction of sp³-hybridized carbons (Fsp3) is 0.381. The van der Waals surface area contributed by atoms with Gasteiger partial charge in [-0.25, -0.2) is 8.42 Å². The van der Waals surface area contributed by atoms with Gasteiger partial charge in [-0.1, -0.05) is 26.0 Å². The molecule has 1 unspecified atom stereocenters. The van der Waals surface area contributed by atoms with Gasteiger partial charge >= 0.3 is 0 Å². The van der Waals surface area contributed by atoms with Crippen LogP contribution in [0.4, 0.5) is 0 Å². The normalized spacial score (nSPS) is 12.6. The molecule has 1 amide bonds. The molecule has 1 N–H and O–H groups in total. The number of carbonyl (C=O) groups is 1. The minimum absolute atomic E-state index is 0.00618. The molecule has 158 valence electrons. The molecule has 0 saturated carbocycles. The number of nitrogens with zero attached hydrogens (tertiary/aromatic N) is 1. The predicted molar refractivity (Wildman–Crippen MR) is 117 cm³/mol. The lowest BCUT2D eigenvalue weighted by molar-refractivity contribution is 0.0939. The van der Waals surface area contributed by atoms with Crippen LogP contribution < -0.4 is 10.1 Å². The van der Waals surface area contributed by atoms with Gasteiger partial charge in [0.1, 0.15) is 10.6 Å². The maximum Gasteiger partial charge on any atom is 0.251 e. The zero-order chi connectivity index (χ0) is 21.6. The van der Waals surface area contributed by atoms with E-state index < -0.39 is 10.0 Å². The maximum atomic E-state index is 13.0. The molecule has 0 heterocycles. The van der Waals surface area contributed by atoms with Crippen molar-refractivity contribution in [2.75, 3.05) is 26.5 Å². The third kappa shape index (κ3) is 5.32. The summed E-state index contributed by atoms with van der Waals surface area (Å²) in [4.78, 5) is 13.9. The summed E-state index contributed by atoms with van der Waals surface area (Å²) in [6.07, 6.45) is 2.01. The SMILES string of the molecule is CCN(CC)S(=O)(=O)c1cc(C(=O)NC(C)c2ccc(SC)cc2)ccc1OC. The summed E-state index contributed by atoms with van der Waals surface area (Å²) in [6, 6.07) is 12.2. The second-order valence-electron chi connectivity index (χ2n) is 6.42. The van der Waals surface area contributed by atoms with E-state index in [9.17, 15) is 13.2 Å². The predicted octanol–water partition coefficient (Wildman–Crippen LogP) is 3.94. The highest BCUT2D eigenvalue weighted by Crippen LogP contribution is 2.28. The Kier molecular flexibility index (Phi) is 8.13. The molecule has 0 spiro atoms. The lowest BCUT2D eigenvalue weighted by Crippen LogP contribution is -2.31. The molecule has 0 bridgehead atoms. The number of sulfonamides is 1. The standard InChI is InChI=1S/C21H28N2O4S2/c1-6-23(7-2)29(25,26)20-14-17(10-13-19(20)27-4)21(24)22-15(3)16-8-11-18(28-5)12-9-16/h8-15H,6-7H2,1-5H3,(H,22,24). The van der Waals surface area contributed by atoms with Crippen molar-refractivity contribution in [1.29, 1.82) is 0 Å². The second-order valence-corrected chi connectivity index (χ2v) is 9.21. The molecule has 0 radical (unpaired) electrons. The van der Waals surface area contributed by atoms with Crippen LogP contribution in [0.25, 0.3) is 0 Å². The highest BCUT2D eigenvalue weighted by molar-refractivity contribution is 7.98. The van der Waals surface area contributed by atoms with Crippen molar-refractivity contribution >= 4 is 27.7 Å². The van der Waals surface area contributed by atoms with Crippen LogP contribution in [-0.2, 0) is 10.0 Å². The summed E-state index contributed by atoms with van der Waals surface area (Å²) in [5.41, 5.74) is 1.24. The lowest BCUT2D eigenvalue weighted by atomic mass is 10.1. The van der Waals surface area contributed by atoms with Crippen molar-refractivity contribution in [2.45, 2.75) is 36.6 Å². The lowest BCUT2D eigenvalue weighted by Gasteiger charge is -2.21. The molecular formula is C21H28N2O4S2. The van der Waals surface area contributed by atoms with E-state index in [0.717, 1.165) is 10.5 Å². The average molecular weight is 437 g/mol. The number of hydrogen-bond acceptors (Lipinski definition) is 5. The van der Waals surface area contributed by atoms with E-state index in [-0.39, 0.29) is 28.2 Å². The van der Waals surface area contributed by atoms with E-state index >= 15 is 0 Å². The Morgan fingerprint density at radius 2 is 1.76 bits per heavy atom. The third-order valence-electron chi connectivity index (χ3n) is 4.71. The van der Waals surface area contributed by atoms with Crippen LogP contribution in [-0.4, -0.2) is 45.1 Å². The van der Waals surface area contributed by atoms with Gasteiger partial charge in [0.2, 0.25) is 10.0 Å². The minimum atomic E-state index is -3.76. The van der Waals surface area contributed by atoms with Crippen LogP contribution >= 0.6 is 11.8 Å². The fourth-order valence-corrected chi connectivity index (χ4v) is 5.03. The van der Waals surface area contributed by atoms with Gasteiger partial charge < -0.3 is 10.1 Å². The van der Waals surface area contributed by atoms with E-state index in [0.29, 0.717) is 13.1 Å². The average Bonchev–Trinajstić information content (AvgIpc) is 2.73. The van der Waals surface area contributed by atoms with E-state index in [1.807, 2.05) is 37.4 Å². The number of hydrogen-bond donors (Lipinski definition) is 1. The van der Waals surface area contributed by atoms with Gasteiger partial charge in [-0.3, -0.25) is 4.79 Å². The van der Waals surface area contributed by atoms with Gasteiger partial charge in [-0.15, -0.1) is 11.8 Å². The summed E-state index contributed by atoms with van der Waals surface area (Å²) in [5, 5.41) is 2.93. The summed E-state index contributed by atoms with van der Waals surface area (Å²) < 4.78 is 32.5. The van der Waals surface area contributed by atoms with Gasteiger partial charge in [0.25, 0.3) is 5.91 Å². The van der Waals surface area contributed by atoms with E-state index in [1.165, 1.54) is 23.5 Å². The third-order valence-corrected chi connectivity index (χ3v) is 7.53. The van der Waals surface area contributed by atoms with Crippen LogP contribution in [0.2, 0.25) is 0 Å². The summed E-state index contributed by atoms with van der Waals surface area (Å²) >= 11 is 1.65. The first-order chi connectivity index (χ1) is 13.8. The van der Waals surface area contributed by atoms with Crippen LogP contribution in [0.1, 0.15) is 42.7 Å². The number of rotatable bonds is 9. The zero-order valence-electron chi connectivity index (χ0n) is 17.4. The Morgan fingerprint density at radius 1 is 1.14 bits per heavy atom. The van der Waals surface area contributed by atoms with E-state index in [1.54, 1.807) is 31.7 Å². The van der Waals surface area contributed by atoms with Gasteiger partial charge in [0.05, 0.1) is 13.2 Å². The van der Waals surface area contributed by atoms with Gasteiger partial charge in [0, 0.05) is 23.5 Å². The highest BCUT2D eigenvalue weighted by Gasteiger charge is 2.27. The molecular weight excluding hydrogens is 408 g/mol. The highest BCUT2D eigenvalue weighted by atomic mass is 32.2.